The molecule has 4 heavy (non-hydrogen) atoms. The minimum absolute atomic E-state index is 0. The van der Waals surface area contributed by atoms with Crippen molar-refractivity contribution in [3.63, 3.8) is 0 Å². The smallest absolute Gasteiger partial charge is 3.00 e. The van der Waals surface area contributed by atoms with Gasteiger partial charge in [-0.25, -0.2) is 0 Å². The number of hydrogen-bond donors (Lipinski definition) is 0. The van der Waals surface area contributed by atoms with Gasteiger partial charge in [0.25, 0.3) is 0 Å². The second kappa shape index (κ2) is 22.0. The van der Waals surface area contributed by atoms with E-state index in [9.17, 15) is 0 Å². The van der Waals surface area contributed by atoms with Gasteiger partial charge in [0.15, 0.2) is 0 Å². The van der Waals surface area contributed by atoms with E-state index in [4.69, 9.17) is 0 Å². The van der Waals surface area contributed by atoms with Crippen molar-refractivity contribution in [2.24, 2.45) is 0 Å². The van der Waals surface area contributed by atoms with Crippen molar-refractivity contribution >= 4 is 27.3 Å². The van der Waals surface area contributed by atoms with Crippen LogP contribution in [0.15, 0.2) is 0 Å². The third-order valence-electron chi connectivity index (χ3n) is 0. The summed E-state index contributed by atoms with van der Waals surface area (Å²) in [6.07, 6.45) is 0. The van der Waals surface area contributed by atoms with E-state index in [1.54, 1.807) is 0 Å². The van der Waals surface area contributed by atoms with Gasteiger partial charge in [-0.3, -0.25) is 0 Å². The second-order valence-corrected chi connectivity index (χ2v) is 0. The molecule has 0 fully saturated rings. The summed E-state index contributed by atoms with van der Waals surface area (Å²) in [6.45, 7) is 0. The molecule has 2 radical (unpaired) electrons. The Balaban J connectivity index is 0. The third-order valence-corrected chi connectivity index (χ3v) is 0. The first kappa shape index (κ1) is 42.9. The van der Waals surface area contributed by atoms with Crippen molar-refractivity contribution in [1.29, 1.82) is 0 Å². The van der Waals surface area contributed by atoms with Gasteiger partial charge in [0.1, 0.15) is 0 Å². The molecule has 0 amide bonds. The van der Waals surface area contributed by atoms with Crippen LogP contribution in [-0.2, 0) is 26.2 Å². The molecule has 0 aliphatic carbocycles. The van der Waals surface area contributed by atoms with Gasteiger partial charge in [0.2, 0.25) is 0 Å². The van der Waals surface area contributed by atoms with E-state index >= 15 is 0 Å². The summed E-state index contributed by atoms with van der Waals surface area (Å²) in [6, 6.07) is 0. The van der Waals surface area contributed by atoms with Crippen LogP contribution in [0.25, 0.3) is 12.3 Å². The van der Waals surface area contributed by atoms with Crippen LogP contribution >= 0.6 is 0 Å². The van der Waals surface area contributed by atoms with Crippen LogP contribution in [0, 0.1) is 0 Å². The van der Waals surface area contributed by atoms with Crippen LogP contribution < -0.4 is 0 Å². The molecule has 0 spiro atoms. The van der Waals surface area contributed by atoms with Crippen LogP contribution in [0.2, 0.25) is 0 Å². The molecule has 0 aliphatic rings. The predicted molar refractivity (Wildman–Crippen MR) is 12.5 cm³/mol. The molecule has 0 saturated heterocycles. The van der Waals surface area contributed by atoms with E-state index in [1.165, 1.54) is 0 Å². The maximum atomic E-state index is 0. The zero-order chi connectivity index (χ0) is 0. The molecule has 0 heterocycles. The number of nitrogens with zero attached hydrogens (tertiary/aromatic N) is 2. The average molecular weight is 326 g/mol. The quantitative estimate of drug-likeness (QED) is 0.571. The minimum Gasteiger partial charge on any atom is -3.00 e. The van der Waals surface area contributed by atoms with Crippen molar-refractivity contribution in [1.82, 2.24) is 0 Å². The number of rotatable bonds is 0. The summed E-state index contributed by atoms with van der Waals surface area (Å²) in [4.78, 5) is 0. The van der Waals surface area contributed by atoms with Gasteiger partial charge in [-0.15, -0.1) is 0 Å². The zero-order valence-electron chi connectivity index (χ0n) is 1.89. The van der Waals surface area contributed by atoms with Crippen molar-refractivity contribution in [2.75, 3.05) is 0 Å². The molecule has 0 bridgehead atoms. The van der Waals surface area contributed by atoms with E-state index < -0.39 is 0 Å². The molecule has 0 rings (SSSR count). The van der Waals surface area contributed by atoms with Crippen LogP contribution in [0.1, 0.15) is 0 Å². The molecule has 18 valence electrons. The maximum Gasteiger partial charge on any atom is 4.00 e. The summed E-state index contributed by atoms with van der Waals surface area (Å²) in [5, 5.41) is 0. The van der Waals surface area contributed by atoms with Gasteiger partial charge < -0.3 is 12.3 Å². The first-order valence-corrected chi connectivity index (χ1v) is 0. The largest absolute Gasteiger partial charge is 4.00 e. The van der Waals surface area contributed by atoms with E-state index in [1.807, 2.05) is 0 Å². The van der Waals surface area contributed by atoms with E-state index in [-0.39, 0.29) is 65.8 Å². The molecule has 0 aromatic heterocycles. The predicted octanol–water partition coefficient (Wildman–Crippen LogP) is 0.194. The van der Waals surface area contributed by atoms with Crippen molar-refractivity contribution in [3.05, 3.63) is 12.3 Å². The molecule has 0 N–H and O–H groups in total. The molecule has 2 nitrogen and oxygen atoms in total. The molecule has 0 unspecified atom stereocenters. The fourth-order valence-electron chi connectivity index (χ4n) is 0. The number of hydrogen-bond acceptors (Lipinski definition) is 0. The molecule has 0 saturated carbocycles. The van der Waals surface area contributed by atoms with Crippen LogP contribution in [0.5, 0.6) is 0 Å². The monoisotopic (exact) mass is 326 g/mol. The zero-order valence-corrected chi connectivity index (χ0v) is 8.24. The molecule has 0 atom stereocenters. The van der Waals surface area contributed by atoms with Gasteiger partial charge in [-0.05, 0) is 0 Å². The third kappa shape index (κ3) is 9.30. The Labute approximate surface area is 65.2 Å². The van der Waals surface area contributed by atoms with Gasteiger partial charge in [-0.1, -0.05) is 0 Å². The fraction of sp³-hybridized carbons (Fsp3) is 0. The molecule has 0 aliphatic heterocycles. The Kier molecular flexibility index (Phi) is 237. The first-order valence-electron chi connectivity index (χ1n) is 0. The topological polar surface area (TPSA) is 61.0 Å². The standard InChI is InChI=1S/2N.Pb.Zr/q2*-3;+2;+4. The Morgan fingerprint density at radius 3 is 0.750 bits per heavy atom. The van der Waals surface area contributed by atoms with Crippen molar-refractivity contribution in [2.45, 2.75) is 0 Å². The molecule has 4 heteroatoms. The van der Waals surface area contributed by atoms with Crippen LogP contribution in [0.4, 0.5) is 0 Å². The summed E-state index contributed by atoms with van der Waals surface area (Å²) >= 11 is 0. The second-order valence-electron chi connectivity index (χ2n) is 0. The molecular weight excluding hydrogens is 326 g/mol. The van der Waals surface area contributed by atoms with Crippen LogP contribution in [0.3, 0.4) is 0 Å². The fourth-order valence-corrected chi connectivity index (χ4v) is 0. The van der Waals surface area contributed by atoms with Crippen molar-refractivity contribution < 1.29 is 26.2 Å². The SMILES string of the molecule is [N-3].[N-3].[Pb+2].[Zr+4]. The summed E-state index contributed by atoms with van der Waals surface area (Å²) < 4.78 is 0. The first-order chi connectivity index (χ1) is 0. The Morgan fingerprint density at radius 1 is 0.750 bits per heavy atom. The van der Waals surface area contributed by atoms with Gasteiger partial charge in [0, 0.05) is 0 Å². The molecule has 0 aromatic carbocycles. The normalized spacial score (nSPS) is 0. The Bertz CT molecular complexity index is 6.00. The van der Waals surface area contributed by atoms with Gasteiger partial charge in [-0.2, -0.15) is 0 Å². The van der Waals surface area contributed by atoms with Crippen LogP contribution in [-0.4, -0.2) is 27.3 Å². The average Bonchev–Trinajstić information content (AvgIpc) is 0. The van der Waals surface area contributed by atoms with E-state index in [0.717, 1.165) is 0 Å². The van der Waals surface area contributed by atoms with E-state index in [0.29, 0.717) is 0 Å². The summed E-state index contributed by atoms with van der Waals surface area (Å²) in [7, 11) is 0. The Hall–Kier alpha value is 1.73. The summed E-state index contributed by atoms with van der Waals surface area (Å²) in [5.41, 5.74) is 0. The van der Waals surface area contributed by atoms with E-state index in [2.05, 4.69) is 0 Å². The maximum absolute atomic E-state index is 0. The molecular formula is N2PbZr. The summed E-state index contributed by atoms with van der Waals surface area (Å²) in [5.74, 6) is 0. The minimum atomic E-state index is 0. The molecule has 0 aromatic rings. The van der Waals surface area contributed by atoms with Crippen molar-refractivity contribution in [3.8, 4) is 0 Å². The Morgan fingerprint density at radius 2 is 0.750 bits per heavy atom. The van der Waals surface area contributed by atoms with Gasteiger partial charge in [0.05, 0.1) is 0 Å². The van der Waals surface area contributed by atoms with Gasteiger partial charge >= 0.3 is 53.5 Å².